The van der Waals surface area contributed by atoms with Crippen molar-refractivity contribution in [2.45, 2.75) is 211 Å². The summed E-state index contributed by atoms with van der Waals surface area (Å²) in [5.74, 6) is -1.16. The summed E-state index contributed by atoms with van der Waals surface area (Å²) in [6.45, 7) is 3.18. The van der Waals surface area contributed by atoms with Crippen LogP contribution < -0.4 is 0 Å². The van der Waals surface area contributed by atoms with Crippen LogP contribution in [0.15, 0.2) is 60.8 Å². The first-order valence-electron chi connectivity index (χ1n) is 23.1. The lowest BCUT2D eigenvalue weighted by atomic mass is 9.85. The minimum Gasteiger partial charge on any atom is -0.462 e. The molecule has 0 aromatic carbocycles. The Kier molecular flexibility index (Phi) is 34.3. The van der Waals surface area contributed by atoms with Gasteiger partial charge >= 0.3 is 19.8 Å². The lowest BCUT2D eigenvalue weighted by Crippen LogP contribution is -2.64. The first-order chi connectivity index (χ1) is 29.4. The van der Waals surface area contributed by atoms with E-state index in [1.807, 2.05) is 0 Å². The van der Waals surface area contributed by atoms with Crippen LogP contribution in [0.25, 0.3) is 0 Å². The van der Waals surface area contributed by atoms with E-state index in [0.29, 0.717) is 12.8 Å². The second-order valence-corrected chi connectivity index (χ2v) is 17.3. The number of phosphoric ester groups is 1. The molecule has 0 aromatic heterocycles. The zero-order valence-electron chi connectivity index (χ0n) is 37.2. The maximum Gasteiger partial charge on any atom is 0.472 e. The highest BCUT2D eigenvalue weighted by atomic mass is 31.2. The number of hydrogen-bond acceptors (Lipinski definition) is 12. The van der Waals surface area contributed by atoms with Gasteiger partial charge in [0.05, 0.1) is 6.61 Å². The molecule has 13 nitrogen and oxygen atoms in total. The number of hydrogen-bond donors (Lipinski definition) is 6. The summed E-state index contributed by atoms with van der Waals surface area (Å²) in [6, 6.07) is 0. The van der Waals surface area contributed by atoms with Gasteiger partial charge < -0.3 is 39.9 Å². The van der Waals surface area contributed by atoms with Gasteiger partial charge in [-0.15, -0.1) is 0 Å². The zero-order chi connectivity index (χ0) is 45.0. The highest BCUT2D eigenvalue weighted by Crippen LogP contribution is 2.47. The minimum atomic E-state index is -5.13. The molecule has 0 radical (unpaired) electrons. The van der Waals surface area contributed by atoms with Gasteiger partial charge in [-0.3, -0.25) is 18.6 Å². The molecule has 1 saturated carbocycles. The molecule has 8 atom stereocenters. The molecule has 1 fully saturated rings. The van der Waals surface area contributed by atoms with E-state index < -0.39 is 75.7 Å². The van der Waals surface area contributed by atoms with E-state index in [0.717, 1.165) is 70.6 Å². The van der Waals surface area contributed by atoms with Crippen LogP contribution >= 0.6 is 7.82 Å². The van der Waals surface area contributed by atoms with E-state index in [4.69, 9.17) is 18.5 Å². The minimum absolute atomic E-state index is 0.0671. The van der Waals surface area contributed by atoms with Crippen molar-refractivity contribution in [2.75, 3.05) is 13.2 Å². The normalized spacial score (nSPS) is 22.6. The van der Waals surface area contributed by atoms with Gasteiger partial charge in [0.1, 0.15) is 43.2 Å². The Bertz CT molecular complexity index is 1300. The van der Waals surface area contributed by atoms with E-state index in [1.54, 1.807) is 0 Å². The Hall–Kier alpha value is -2.45. The average molecular weight is 885 g/mol. The molecular weight excluding hydrogens is 803 g/mol. The first-order valence-corrected chi connectivity index (χ1v) is 24.6. The second-order valence-electron chi connectivity index (χ2n) is 15.9. The predicted octanol–water partition coefficient (Wildman–Crippen LogP) is 8.94. The fourth-order valence-electron chi connectivity index (χ4n) is 6.57. The zero-order valence-corrected chi connectivity index (χ0v) is 38.1. The standard InChI is InChI=1S/C47H81O13P/c1-3-5-7-9-11-13-15-17-19-20-22-23-25-27-29-31-33-35-40(48)57-37-39(38-58-61(55,56)60-47-45(53)43(51)42(50)44(52)46(47)54)59-41(49)36-34-32-30-28-26-24-21-18-16-14-12-10-8-6-4-2/h7,9,13,15,19-20,23-26,39,42-47,50-54H,3-6,8,10-12,14,16-18,21-22,27-38H2,1-2H3,(H,55,56)/b9-7+,15-13+,20-19+,25-23+,26-24+/t39-,42?,43-,44?,45?,46?,47?/m0/s1. The third kappa shape index (κ3) is 29.5. The highest BCUT2D eigenvalue weighted by Gasteiger charge is 2.51. The largest absolute Gasteiger partial charge is 0.472 e. The van der Waals surface area contributed by atoms with Gasteiger partial charge in [-0.05, 0) is 77.0 Å². The number of ether oxygens (including phenoxy) is 2. The molecule has 14 heteroatoms. The second kappa shape index (κ2) is 37.0. The van der Waals surface area contributed by atoms with Crippen LogP contribution in [-0.2, 0) is 32.7 Å². The number of carbonyl (C=O) groups is 2. The molecule has 0 amide bonds. The third-order valence-corrected chi connectivity index (χ3v) is 11.3. The maximum absolute atomic E-state index is 12.8. The van der Waals surface area contributed by atoms with E-state index >= 15 is 0 Å². The number of phosphoric acid groups is 1. The van der Waals surface area contributed by atoms with Gasteiger partial charge in [0, 0.05) is 12.8 Å². The molecule has 0 aromatic rings. The van der Waals surface area contributed by atoms with Crippen molar-refractivity contribution in [1.82, 2.24) is 0 Å². The monoisotopic (exact) mass is 885 g/mol. The molecule has 352 valence electrons. The Morgan fingerprint density at radius 2 is 0.918 bits per heavy atom. The van der Waals surface area contributed by atoms with Gasteiger partial charge in [0.25, 0.3) is 0 Å². The quantitative estimate of drug-likeness (QED) is 0.0149. The lowest BCUT2D eigenvalue weighted by Gasteiger charge is -2.41. The molecule has 61 heavy (non-hydrogen) atoms. The van der Waals surface area contributed by atoms with Crippen molar-refractivity contribution >= 4 is 19.8 Å². The molecule has 6 unspecified atom stereocenters. The fourth-order valence-corrected chi connectivity index (χ4v) is 7.54. The predicted molar refractivity (Wildman–Crippen MR) is 239 cm³/mol. The number of aliphatic hydroxyl groups excluding tert-OH is 5. The average Bonchev–Trinajstić information content (AvgIpc) is 3.24. The number of unbranched alkanes of at least 4 members (excludes halogenated alkanes) is 15. The Morgan fingerprint density at radius 3 is 1.43 bits per heavy atom. The maximum atomic E-state index is 12.8. The third-order valence-electron chi connectivity index (χ3n) is 10.3. The van der Waals surface area contributed by atoms with E-state index in [9.17, 15) is 44.6 Å². The molecule has 0 heterocycles. The molecule has 6 N–H and O–H groups in total. The van der Waals surface area contributed by atoms with Crippen molar-refractivity contribution in [3.05, 3.63) is 60.8 Å². The topological polar surface area (TPSA) is 210 Å². The van der Waals surface area contributed by atoms with Gasteiger partial charge in [-0.2, -0.15) is 0 Å². The van der Waals surface area contributed by atoms with Crippen LogP contribution in [0.4, 0.5) is 0 Å². The Morgan fingerprint density at radius 1 is 0.508 bits per heavy atom. The number of rotatable bonds is 37. The van der Waals surface area contributed by atoms with Crippen molar-refractivity contribution in [3.63, 3.8) is 0 Å². The SMILES string of the molecule is CCC/C=C/C/C=C/C/C=C/C/C=C/CCCCCC(=O)OC[C@@H](COP(=O)(O)OC1C(O)C(O)C(O)[C@H](O)C1O)OC(=O)CCCCC/C=C/CCCCCCCCCC. The summed E-state index contributed by atoms with van der Waals surface area (Å²) in [5, 5.41) is 50.1. The lowest BCUT2D eigenvalue weighted by molar-refractivity contribution is -0.220. The molecule has 0 bridgehead atoms. The van der Waals surface area contributed by atoms with Gasteiger partial charge in [-0.1, -0.05) is 139 Å². The van der Waals surface area contributed by atoms with Crippen molar-refractivity contribution < 1.29 is 63.1 Å². The molecule has 1 rings (SSSR count). The van der Waals surface area contributed by atoms with E-state index in [1.165, 1.54) is 57.8 Å². The number of carbonyl (C=O) groups excluding carboxylic acids is 2. The number of aliphatic hydroxyl groups is 5. The van der Waals surface area contributed by atoms with E-state index in [2.05, 4.69) is 74.6 Å². The summed E-state index contributed by atoms with van der Waals surface area (Å²) < 4.78 is 33.5. The Labute approximate surface area is 366 Å². The van der Waals surface area contributed by atoms with Crippen LogP contribution in [-0.4, -0.2) is 98.3 Å². The summed E-state index contributed by atoms with van der Waals surface area (Å²) >= 11 is 0. The van der Waals surface area contributed by atoms with Crippen molar-refractivity contribution in [3.8, 4) is 0 Å². The van der Waals surface area contributed by atoms with Crippen LogP contribution in [0.3, 0.4) is 0 Å². The molecule has 1 aliphatic carbocycles. The number of esters is 2. The molecule has 0 aliphatic heterocycles. The van der Waals surface area contributed by atoms with Crippen LogP contribution in [0.1, 0.15) is 168 Å². The summed E-state index contributed by atoms with van der Waals surface area (Å²) in [4.78, 5) is 35.7. The smallest absolute Gasteiger partial charge is 0.462 e. The fraction of sp³-hybridized carbons (Fsp3) is 0.745. The summed E-state index contributed by atoms with van der Waals surface area (Å²) in [5.41, 5.74) is 0. The molecule has 1 aliphatic rings. The molecule has 0 saturated heterocycles. The van der Waals surface area contributed by atoms with Gasteiger partial charge in [-0.25, -0.2) is 4.57 Å². The summed E-state index contributed by atoms with van der Waals surface area (Å²) in [6.07, 6.45) is 31.3. The van der Waals surface area contributed by atoms with E-state index in [-0.39, 0.29) is 12.8 Å². The molecule has 0 spiro atoms. The van der Waals surface area contributed by atoms with Crippen LogP contribution in [0, 0.1) is 0 Å². The summed E-state index contributed by atoms with van der Waals surface area (Å²) in [7, 11) is -5.13. The van der Waals surface area contributed by atoms with Crippen molar-refractivity contribution in [1.29, 1.82) is 0 Å². The molecular formula is C47H81O13P. The Balaban J connectivity index is 2.50. The first kappa shape index (κ1) is 56.6. The van der Waals surface area contributed by atoms with Crippen LogP contribution in [0.2, 0.25) is 0 Å². The highest BCUT2D eigenvalue weighted by molar-refractivity contribution is 7.47. The van der Waals surface area contributed by atoms with Gasteiger partial charge in [0.15, 0.2) is 6.10 Å². The van der Waals surface area contributed by atoms with Gasteiger partial charge in [0.2, 0.25) is 0 Å². The number of allylic oxidation sites excluding steroid dienone is 10. The van der Waals surface area contributed by atoms with Crippen molar-refractivity contribution in [2.24, 2.45) is 0 Å². The van der Waals surface area contributed by atoms with Crippen LogP contribution in [0.5, 0.6) is 0 Å².